The Bertz CT molecular complexity index is 1790. The maximum atomic E-state index is 13.6. The number of hydrogen-bond acceptors (Lipinski definition) is 6. The Kier molecular flexibility index (Phi) is 8.11. The highest BCUT2D eigenvalue weighted by Gasteiger charge is 2.48. The van der Waals surface area contributed by atoms with Crippen molar-refractivity contribution in [1.29, 1.82) is 0 Å². The van der Waals surface area contributed by atoms with Crippen molar-refractivity contribution < 1.29 is 17.7 Å². The molecule has 2 aliphatic rings. The maximum Gasteiger partial charge on any atom is 0.324 e. The quantitative estimate of drug-likeness (QED) is 0.229. The Labute approximate surface area is 265 Å². The number of aryl methyl sites for hydroxylation is 3. The molecule has 10 nitrogen and oxygen atoms in total. The van der Waals surface area contributed by atoms with Gasteiger partial charge < -0.3 is 9.84 Å². The lowest BCUT2D eigenvalue weighted by Crippen LogP contribution is -2.47. The average molecular weight is 631 g/mol. The van der Waals surface area contributed by atoms with Gasteiger partial charge in [-0.05, 0) is 88.6 Å². The van der Waals surface area contributed by atoms with E-state index in [2.05, 4.69) is 42.6 Å². The summed E-state index contributed by atoms with van der Waals surface area (Å²) in [4.78, 5) is 13.4. The van der Waals surface area contributed by atoms with Crippen molar-refractivity contribution in [2.45, 2.75) is 96.0 Å². The number of fused-ring (bicyclic) bond motifs is 2. The number of piperidine rings is 1. The number of sulfonamides is 1. The molecule has 4 aromatic rings. The Hall–Kier alpha value is -3.96. The molecular weight excluding hydrogens is 588 g/mol. The number of hydrogen-bond donors (Lipinski definition) is 2. The molecule has 2 atom stereocenters. The van der Waals surface area contributed by atoms with Crippen molar-refractivity contribution in [3.8, 4) is 5.69 Å². The first-order chi connectivity index (χ1) is 21.3. The largest absolute Gasteiger partial charge is 0.360 e. The van der Waals surface area contributed by atoms with Crippen molar-refractivity contribution in [3.05, 3.63) is 82.9 Å². The molecule has 0 saturated carbocycles. The van der Waals surface area contributed by atoms with Gasteiger partial charge in [-0.2, -0.15) is 9.40 Å². The van der Waals surface area contributed by atoms with Crippen LogP contribution >= 0.6 is 0 Å². The van der Waals surface area contributed by atoms with Crippen molar-refractivity contribution in [2.75, 3.05) is 10.6 Å². The maximum absolute atomic E-state index is 13.6. The van der Waals surface area contributed by atoms with E-state index in [1.807, 2.05) is 55.5 Å². The van der Waals surface area contributed by atoms with Crippen LogP contribution in [0.5, 0.6) is 0 Å². The monoisotopic (exact) mass is 630 g/mol. The molecule has 11 heteroatoms. The van der Waals surface area contributed by atoms with Crippen molar-refractivity contribution in [3.63, 3.8) is 0 Å². The molecule has 2 fully saturated rings. The third-order valence-corrected chi connectivity index (χ3v) is 11.2. The van der Waals surface area contributed by atoms with E-state index >= 15 is 0 Å². The van der Waals surface area contributed by atoms with Crippen molar-refractivity contribution >= 4 is 27.6 Å². The van der Waals surface area contributed by atoms with Crippen LogP contribution in [0.3, 0.4) is 0 Å². The molecule has 6 rings (SSSR count). The minimum absolute atomic E-state index is 0.0316. The lowest BCUT2D eigenvalue weighted by molar-refractivity contribution is 0.190. The molecule has 2 aromatic carbocycles. The lowest BCUT2D eigenvalue weighted by Gasteiger charge is -2.38. The summed E-state index contributed by atoms with van der Waals surface area (Å²) in [6, 6.07) is 17.4. The van der Waals surface area contributed by atoms with Crippen molar-refractivity contribution in [2.24, 2.45) is 5.92 Å². The second-order valence-corrected chi connectivity index (χ2v) is 15.4. The average Bonchev–Trinajstić information content (AvgIpc) is 3.63. The summed E-state index contributed by atoms with van der Waals surface area (Å²) < 4.78 is 35.9. The minimum atomic E-state index is -3.67. The number of nitrogens with one attached hydrogen (secondary N) is 2. The number of rotatable bonds is 7. The number of carbonyl (C=O) groups excluding carboxylic acids is 1. The van der Waals surface area contributed by atoms with Gasteiger partial charge in [-0.15, -0.1) is 0 Å². The second kappa shape index (κ2) is 11.8. The number of aromatic nitrogens is 3. The van der Waals surface area contributed by atoms with Gasteiger partial charge in [0.1, 0.15) is 16.4 Å². The first-order valence-electron chi connectivity index (χ1n) is 15.6. The summed E-state index contributed by atoms with van der Waals surface area (Å²) in [5, 5.41) is 14.7. The number of nitrogens with zero attached hydrogens (tertiary/aromatic N) is 4. The van der Waals surface area contributed by atoms with Gasteiger partial charge in [-0.3, -0.25) is 5.32 Å². The van der Waals surface area contributed by atoms with Gasteiger partial charge in [0.05, 0.1) is 11.4 Å². The molecule has 2 N–H and O–H groups in total. The molecule has 4 heterocycles. The van der Waals surface area contributed by atoms with Crippen LogP contribution in [0.25, 0.3) is 5.69 Å². The molecule has 0 spiro atoms. The van der Waals surface area contributed by atoms with Crippen LogP contribution in [0.15, 0.2) is 64.0 Å². The molecule has 2 aromatic heterocycles. The van der Waals surface area contributed by atoms with E-state index in [9.17, 15) is 13.2 Å². The lowest BCUT2D eigenvalue weighted by atomic mass is 9.87. The smallest absolute Gasteiger partial charge is 0.324 e. The zero-order valence-electron chi connectivity index (χ0n) is 26.8. The fraction of sp³-hybridized carbons (Fsp3) is 0.441. The predicted octanol–water partition coefficient (Wildman–Crippen LogP) is 6.90. The molecule has 238 valence electrons. The normalized spacial score (nSPS) is 20.4. The van der Waals surface area contributed by atoms with Gasteiger partial charge in [0.15, 0.2) is 5.76 Å². The zero-order chi connectivity index (χ0) is 32.1. The van der Waals surface area contributed by atoms with Crippen LogP contribution in [0.2, 0.25) is 0 Å². The summed E-state index contributed by atoms with van der Waals surface area (Å²) in [7, 11) is -3.67. The second-order valence-electron chi connectivity index (χ2n) is 13.6. The topological polar surface area (TPSA) is 122 Å². The summed E-state index contributed by atoms with van der Waals surface area (Å²) in [5.41, 5.74) is 4.92. The van der Waals surface area contributed by atoms with E-state index < -0.39 is 10.0 Å². The third-order valence-electron chi connectivity index (χ3n) is 8.97. The SMILES string of the molecule is Cc1ccc(-n2nc(C(C)(C)C)cc2NC(=O)Nc2cccc(CC3CC4CCC(C3)N4S(=O)(=O)c3c(C)noc3C)c2)cc1. The minimum Gasteiger partial charge on any atom is -0.360 e. The number of carbonyl (C=O) groups is 1. The molecule has 0 aliphatic carbocycles. The van der Waals surface area contributed by atoms with Crippen LogP contribution in [-0.4, -0.2) is 45.8 Å². The summed E-state index contributed by atoms with van der Waals surface area (Å²) >= 11 is 0. The van der Waals surface area contributed by atoms with Gasteiger partial charge in [0.2, 0.25) is 10.0 Å². The number of benzene rings is 2. The Morgan fingerprint density at radius 3 is 2.29 bits per heavy atom. The highest BCUT2D eigenvalue weighted by atomic mass is 32.2. The van der Waals surface area contributed by atoms with Crippen LogP contribution in [-0.2, 0) is 21.9 Å². The van der Waals surface area contributed by atoms with Crippen LogP contribution in [0.1, 0.15) is 74.7 Å². The molecule has 45 heavy (non-hydrogen) atoms. The van der Waals surface area contributed by atoms with Crippen LogP contribution in [0.4, 0.5) is 16.3 Å². The Balaban J connectivity index is 1.13. The zero-order valence-corrected chi connectivity index (χ0v) is 27.6. The van der Waals surface area contributed by atoms with Gasteiger partial charge in [0.25, 0.3) is 0 Å². The molecule has 2 unspecified atom stereocenters. The number of anilines is 2. The Morgan fingerprint density at radius 1 is 0.978 bits per heavy atom. The summed E-state index contributed by atoms with van der Waals surface area (Å²) in [5.74, 6) is 1.28. The van der Waals surface area contributed by atoms with E-state index in [4.69, 9.17) is 9.62 Å². The van der Waals surface area contributed by atoms with E-state index in [0.717, 1.165) is 54.6 Å². The standard InChI is InChI=1S/C34H42N6O4S/c1-21-10-12-27(13-11-21)39-31(20-30(37-39)34(4,5)6)36-33(41)35-26-9-7-8-24(17-26)16-25-18-28-14-15-29(19-25)40(28)45(42,43)32-22(2)38-44-23(32)3/h7-13,17,20,25,28-29H,14-16,18-19H2,1-6H3,(H2,35,36,41). The van der Waals surface area contributed by atoms with Crippen molar-refractivity contribution in [1.82, 2.24) is 19.2 Å². The van der Waals surface area contributed by atoms with E-state index in [1.54, 1.807) is 22.8 Å². The molecule has 2 amide bonds. The van der Waals surface area contributed by atoms with Gasteiger partial charge in [0, 0.05) is 29.3 Å². The molecule has 2 aliphatic heterocycles. The Morgan fingerprint density at radius 2 is 1.67 bits per heavy atom. The highest BCUT2D eigenvalue weighted by Crippen LogP contribution is 2.44. The molecular formula is C34H42N6O4S. The first kappa shape index (κ1) is 31.0. The highest BCUT2D eigenvalue weighted by molar-refractivity contribution is 7.89. The summed E-state index contributed by atoms with van der Waals surface area (Å²) in [6.45, 7) is 11.7. The third kappa shape index (κ3) is 6.28. The molecule has 2 bridgehead atoms. The van der Waals surface area contributed by atoms with Gasteiger partial charge >= 0.3 is 6.03 Å². The first-order valence-corrected chi connectivity index (χ1v) is 17.0. The fourth-order valence-electron chi connectivity index (χ4n) is 6.86. The summed E-state index contributed by atoms with van der Waals surface area (Å²) in [6.07, 6.45) is 4.15. The molecule has 2 saturated heterocycles. The van der Waals surface area contributed by atoms with E-state index in [1.165, 1.54) is 0 Å². The van der Waals surface area contributed by atoms with E-state index in [-0.39, 0.29) is 28.4 Å². The van der Waals surface area contributed by atoms with E-state index in [0.29, 0.717) is 28.9 Å². The molecule has 0 radical (unpaired) electrons. The van der Waals surface area contributed by atoms with Gasteiger partial charge in [-0.25, -0.2) is 17.9 Å². The van der Waals surface area contributed by atoms with Crippen LogP contribution < -0.4 is 10.6 Å². The number of amides is 2. The van der Waals surface area contributed by atoms with Gasteiger partial charge in [-0.1, -0.05) is 55.8 Å². The fourth-order valence-corrected chi connectivity index (χ4v) is 9.05. The van der Waals surface area contributed by atoms with Crippen LogP contribution in [0, 0.1) is 26.7 Å². The number of urea groups is 1. The predicted molar refractivity (Wildman–Crippen MR) is 174 cm³/mol.